The molecule has 0 radical (unpaired) electrons. The van der Waals surface area contributed by atoms with Gasteiger partial charge >= 0.3 is 0 Å². The fraction of sp³-hybridized carbons (Fsp3) is 0.414. The van der Waals surface area contributed by atoms with Gasteiger partial charge in [-0.25, -0.2) is 9.97 Å². The number of nitrogens with one attached hydrogen (secondary N) is 3. The van der Waals surface area contributed by atoms with Crippen LogP contribution in [-0.2, 0) is 20.7 Å². The molecule has 12 heteroatoms. The summed E-state index contributed by atoms with van der Waals surface area (Å²) in [5.74, 6) is 5.79. The summed E-state index contributed by atoms with van der Waals surface area (Å²) in [4.78, 5) is 46.9. The Balaban J connectivity index is 1.81. The highest BCUT2D eigenvalue weighted by molar-refractivity contribution is 5.96. The second kappa shape index (κ2) is 14.7. The lowest BCUT2D eigenvalue weighted by Crippen LogP contribution is -2.45. The fourth-order valence-electron chi connectivity index (χ4n) is 4.06. The smallest absolute Gasteiger partial charge is 0.271 e. The van der Waals surface area contributed by atoms with E-state index in [9.17, 15) is 14.4 Å². The average Bonchev–Trinajstić information content (AvgIpc) is 2.98. The molecule has 1 saturated heterocycles. The summed E-state index contributed by atoms with van der Waals surface area (Å²) in [6.07, 6.45) is 3.39. The number of aromatic nitrogens is 2. The Morgan fingerprint density at radius 1 is 1.24 bits per heavy atom. The van der Waals surface area contributed by atoms with Crippen LogP contribution in [0.5, 0.6) is 5.75 Å². The fourth-order valence-corrected chi connectivity index (χ4v) is 4.06. The van der Waals surface area contributed by atoms with Gasteiger partial charge in [0, 0.05) is 43.6 Å². The highest BCUT2D eigenvalue weighted by atomic mass is 16.5. The molecule has 2 heterocycles. The van der Waals surface area contributed by atoms with Gasteiger partial charge in [0.05, 0.1) is 19.3 Å². The predicted molar refractivity (Wildman–Crippen MR) is 156 cm³/mol. The van der Waals surface area contributed by atoms with Gasteiger partial charge in [-0.05, 0) is 44.4 Å². The number of amides is 3. The number of nitrogens with two attached hydrogens (primary N) is 1. The molecule has 0 spiro atoms. The third-order valence-electron chi connectivity index (χ3n) is 6.57. The van der Waals surface area contributed by atoms with Crippen LogP contribution >= 0.6 is 0 Å². The van der Waals surface area contributed by atoms with Gasteiger partial charge in [0.1, 0.15) is 11.8 Å². The van der Waals surface area contributed by atoms with Crippen molar-refractivity contribution in [1.82, 2.24) is 20.2 Å². The number of hydrogen-bond donors (Lipinski definition) is 4. The first-order chi connectivity index (χ1) is 19.7. The van der Waals surface area contributed by atoms with Crippen molar-refractivity contribution in [2.24, 2.45) is 5.73 Å². The number of hydrogen-bond acceptors (Lipinski definition) is 9. The summed E-state index contributed by atoms with van der Waals surface area (Å²) in [6.45, 7) is 8.38. The molecule has 5 N–H and O–H groups in total. The van der Waals surface area contributed by atoms with Gasteiger partial charge < -0.3 is 36.1 Å². The minimum atomic E-state index is -0.708. The maximum Gasteiger partial charge on any atom is 0.271 e. The van der Waals surface area contributed by atoms with Crippen LogP contribution in [0.2, 0.25) is 0 Å². The minimum absolute atomic E-state index is 0.0200. The first-order valence-electron chi connectivity index (χ1n) is 13.3. The van der Waals surface area contributed by atoms with E-state index in [1.54, 1.807) is 25.1 Å². The van der Waals surface area contributed by atoms with Crippen molar-refractivity contribution in [3.8, 4) is 17.6 Å². The zero-order valence-electron chi connectivity index (χ0n) is 23.9. The summed E-state index contributed by atoms with van der Waals surface area (Å²) in [5.41, 5.74) is 7.46. The number of methoxy groups -OCH3 is 1. The van der Waals surface area contributed by atoms with E-state index in [-0.39, 0.29) is 35.9 Å². The first kappa shape index (κ1) is 30.9. The van der Waals surface area contributed by atoms with Crippen LogP contribution in [0.1, 0.15) is 48.4 Å². The van der Waals surface area contributed by atoms with Crippen molar-refractivity contribution in [3.63, 3.8) is 0 Å². The molecule has 1 aliphatic heterocycles. The number of rotatable bonds is 11. The lowest BCUT2D eigenvalue weighted by Gasteiger charge is -2.25. The Labute approximate surface area is 240 Å². The van der Waals surface area contributed by atoms with Gasteiger partial charge in [-0.15, -0.1) is 0 Å². The van der Waals surface area contributed by atoms with Crippen LogP contribution in [0.4, 0.5) is 17.3 Å². The Hall–Kier alpha value is -4.63. The van der Waals surface area contributed by atoms with Gasteiger partial charge in [-0.2, -0.15) is 0 Å². The quantitative estimate of drug-likeness (QED) is 0.237. The zero-order chi connectivity index (χ0) is 29.9. The van der Waals surface area contributed by atoms with Crippen LogP contribution in [0.15, 0.2) is 30.9 Å². The van der Waals surface area contributed by atoms with Crippen molar-refractivity contribution in [2.75, 3.05) is 44.5 Å². The molecule has 1 fully saturated rings. The molecule has 0 unspecified atom stereocenters. The summed E-state index contributed by atoms with van der Waals surface area (Å²) in [6, 6.07) is 4.72. The molecule has 0 saturated carbocycles. The van der Waals surface area contributed by atoms with Crippen LogP contribution in [-0.4, -0.2) is 78.6 Å². The monoisotopic (exact) mass is 563 g/mol. The molecule has 12 nitrogen and oxygen atoms in total. The number of benzene rings is 1. The van der Waals surface area contributed by atoms with Crippen LogP contribution in [0.3, 0.4) is 0 Å². The third kappa shape index (κ3) is 8.43. The van der Waals surface area contributed by atoms with Crippen LogP contribution in [0.25, 0.3) is 0 Å². The number of nitrogens with zero attached hydrogens (tertiary/aromatic N) is 3. The molecule has 0 aliphatic carbocycles. The molecule has 1 aliphatic rings. The number of primary amides is 1. The van der Waals surface area contributed by atoms with Crippen molar-refractivity contribution in [2.45, 2.75) is 45.2 Å². The van der Waals surface area contributed by atoms with Crippen LogP contribution in [0, 0.1) is 11.8 Å². The van der Waals surface area contributed by atoms with E-state index in [1.165, 1.54) is 19.1 Å². The number of likely N-dealkylation sites (N-methyl/N-ethyl adjacent to an activating group) is 1. The molecular weight excluding hydrogens is 526 g/mol. The molecule has 2 aromatic rings. The summed E-state index contributed by atoms with van der Waals surface area (Å²) >= 11 is 0. The Morgan fingerprint density at radius 2 is 1.98 bits per heavy atom. The van der Waals surface area contributed by atoms with E-state index < -0.39 is 11.9 Å². The van der Waals surface area contributed by atoms with Gasteiger partial charge in [0.15, 0.2) is 17.3 Å². The molecule has 3 rings (SSSR count). The zero-order valence-corrected chi connectivity index (χ0v) is 23.9. The highest BCUT2D eigenvalue weighted by Gasteiger charge is 2.22. The lowest BCUT2D eigenvalue weighted by atomic mass is 10.1. The molecule has 1 aromatic heterocycles. The maximum atomic E-state index is 12.4. The van der Waals surface area contributed by atoms with Crippen molar-refractivity contribution < 1.29 is 23.9 Å². The first-order valence-corrected chi connectivity index (χ1v) is 13.3. The van der Waals surface area contributed by atoms with Crippen molar-refractivity contribution >= 4 is 35.0 Å². The third-order valence-corrected chi connectivity index (χ3v) is 6.57. The number of anilines is 3. The number of carbonyl (C=O) groups is 3. The summed E-state index contributed by atoms with van der Waals surface area (Å²) < 4.78 is 10.9. The highest BCUT2D eigenvalue weighted by Crippen LogP contribution is 2.27. The van der Waals surface area contributed by atoms with Crippen molar-refractivity contribution in [3.05, 3.63) is 47.8 Å². The van der Waals surface area contributed by atoms with E-state index in [0.717, 1.165) is 18.9 Å². The average molecular weight is 564 g/mol. The van der Waals surface area contributed by atoms with Crippen LogP contribution < -0.4 is 26.4 Å². The number of carbonyl (C=O) groups excluding carboxylic acids is 3. The van der Waals surface area contributed by atoms with Gasteiger partial charge in [0.2, 0.25) is 11.8 Å². The van der Waals surface area contributed by atoms with E-state index in [2.05, 4.69) is 39.4 Å². The summed E-state index contributed by atoms with van der Waals surface area (Å²) in [5, 5.41) is 9.28. The van der Waals surface area contributed by atoms with Gasteiger partial charge in [-0.3, -0.25) is 14.4 Å². The van der Waals surface area contributed by atoms with E-state index in [1.807, 2.05) is 6.92 Å². The molecule has 0 bridgehead atoms. The lowest BCUT2D eigenvalue weighted by molar-refractivity contribution is -0.134. The Morgan fingerprint density at radius 3 is 2.61 bits per heavy atom. The number of ether oxygens (including phenoxy) is 2. The Kier molecular flexibility index (Phi) is 11.1. The van der Waals surface area contributed by atoms with Gasteiger partial charge in [0.25, 0.3) is 5.91 Å². The molecule has 1 aromatic carbocycles. The van der Waals surface area contributed by atoms with E-state index >= 15 is 0 Å². The molecular formula is C29H37N7O5. The molecule has 218 valence electrons. The van der Waals surface area contributed by atoms with E-state index in [0.29, 0.717) is 48.1 Å². The SMILES string of the molecule is C=CC(=O)N(C)[C@@H](C)C(=O)NCC#Cc1cc(Nc2nc(NC3CCOCC3)c(CC)nc2C(N)=O)cc(OC)c1. The molecule has 3 amide bonds. The second-order valence-electron chi connectivity index (χ2n) is 9.39. The number of aryl methyl sites for hydroxylation is 1. The standard InChI is InChI=1S/C29H37N7O5/c1-6-23-27(32-20-10-13-41-14-11-20)35-28(25(34-23)26(30)38)33-21-15-19(16-22(17-21)40-5)9-8-12-31-29(39)18(3)36(4)24(37)7-2/h7,15-18,20H,2,6,10-14H2,1,3-5H3,(H2,30,38)(H,31,39)(H2,32,33,35)/t18-/m0/s1. The predicted octanol–water partition coefficient (Wildman–Crippen LogP) is 1.98. The van der Waals surface area contributed by atoms with Gasteiger partial charge in [-0.1, -0.05) is 25.3 Å². The van der Waals surface area contributed by atoms with Crippen molar-refractivity contribution in [1.29, 1.82) is 0 Å². The Bertz CT molecular complexity index is 1350. The second-order valence-corrected chi connectivity index (χ2v) is 9.39. The normalized spacial score (nSPS) is 13.7. The largest absolute Gasteiger partial charge is 0.497 e. The molecule has 41 heavy (non-hydrogen) atoms. The summed E-state index contributed by atoms with van der Waals surface area (Å²) in [7, 11) is 3.05. The van der Waals surface area contributed by atoms with E-state index in [4.69, 9.17) is 20.2 Å². The maximum absolute atomic E-state index is 12.4. The molecule has 1 atom stereocenters. The minimum Gasteiger partial charge on any atom is -0.497 e. The topological polar surface area (TPSA) is 161 Å².